The molecule has 1 amide bonds. The number of benzene rings is 3. The third kappa shape index (κ3) is 4.05. The number of nitro benzene ring substituents is 1. The molecule has 200 valence electrons. The van der Waals surface area contributed by atoms with E-state index in [9.17, 15) is 28.8 Å². The van der Waals surface area contributed by atoms with Crippen LogP contribution in [0.2, 0.25) is 0 Å². The fourth-order valence-electron chi connectivity index (χ4n) is 5.62. The highest BCUT2D eigenvalue weighted by atomic mass is 19.1. The summed E-state index contributed by atoms with van der Waals surface area (Å²) in [5.41, 5.74) is -1.36. The topological polar surface area (TPSA) is 118 Å². The first-order valence-electron chi connectivity index (χ1n) is 12.3. The van der Waals surface area contributed by atoms with Gasteiger partial charge in [-0.25, -0.2) is 13.2 Å². The molecular formula is C28H22F3N3O5. The number of hydrogen-bond donors (Lipinski definition) is 3. The minimum atomic E-state index is -1.31. The number of halogens is 3. The molecule has 1 heterocycles. The van der Waals surface area contributed by atoms with Gasteiger partial charge < -0.3 is 14.8 Å². The lowest BCUT2D eigenvalue weighted by atomic mass is 9.50. The minimum Gasteiger partial charge on any atom is -0.455 e. The van der Waals surface area contributed by atoms with Crippen LogP contribution in [0.5, 0.6) is 0 Å². The van der Waals surface area contributed by atoms with Crippen molar-refractivity contribution in [2.24, 2.45) is 5.92 Å². The highest BCUT2D eigenvalue weighted by Crippen LogP contribution is 2.57. The molecule has 3 fully saturated rings. The molecule has 3 aliphatic rings. The number of hydrogen-bond acceptors (Lipinski definition) is 6. The van der Waals surface area contributed by atoms with Gasteiger partial charge >= 0.3 is 0 Å². The molecule has 8 nitrogen and oxygen atoms in total. The first-order valence-corrected chi connectivity index (χ1v) is 12.3. The predicted octanol–water partition coefficient (Wildman–Crippen LogP) is 5.58. The van der Waals surface area contributed by atoms with E-state index in [1.807, 2.05) is 0 Å². The third-order valence-corrected chi connectivity index (χ3v) is 7.70. The van der Waals surface area contributed by atoms with Crippen LogP contribution in [0.25, 0.3) is 33.4 Å². The Morgan fingerprint density at radius 2 is 1.77 bits per heavy atom. The van der Waals surface area contributed by atoms with Gasteiger partial charge in [-0.1, -0.05) is 0 Å². The first kappa shape index (κ1) is 25.1. The van der Waals surface area contributed by atoms with E-state index in [1.165, 1.54) is 37.4 Å². The highest BCUT2D eigenvalue weighted by molar-refractivity contribution is 5.99. The Hall–Kier alpha value is -4.22. The number of fused-ring (bicyclic) bond motifs is 1. The maximum absolute atomic E-state index is 15.2. The van der Waals surface area contributed by atoms with E-state index in [0.29, 0.717) is 17.5 Å². The number of nitrogens with zero attached hydrogens (tertiary/aromatic N) is 1. The first-order chi connectivity index (χ1) is 18.6. The second-order valence-electron chi connectivity index (χ2n) is 10.2. The van der Waals surface area contributed by atoms with Gasteiger partial charge in [-0.15, -0.1) is 0 Å². The van der Waals surface area contributed by atoms with Crippen molar-refractivity contribution in [1.82, 2.24) is 10.6 Å². The largest absolute Gasteiger partial charge is 0.455 e. The molecule has 3 aromatic carbocycles. The molecule has 39 heavy (non-hydrogen) atoms. The molecule has 1 atom stereocenters. The molecule has 0 radical (unpaired) electrons. The summed E-state index contributed by atoms with van der Waals surface area (Å²) in [6.45, 7) is 0. The monoisotopic (exact) mass is 537 g/mol. The van der Waals surface area contributed by atoms with Crippen LogP contribution in [0.3, 0.4) is 0 Å². The summed E-state index contributed by atoms with van der Waals surface area (Å²) in [4.78, 5) is 24.2. The molecule has 3 aliphatic carbocycles. The Balaban J connectivity index is 1.53. The smallest absolute Gasteiger partial charge is 0.281 e. The Labute approximate surface area is 219 Å². The quantitative estimate of drug-likeness (QED) is 0.161. The Bertz CT molecular complexity index is 1650. The second kappa shape index (κ2) is 8.92. The summed E-state index contributed by atoms with van der Waals surface area (Å²) in [5.74, 6) is -2.72. The predicted molar refractivity (Wildman–Crippen MR) is 135 cm³/mol. The van der Waals surface area contributed by atoms with Crippen molar-refractivity contribution >= 4 is 22.6 Å². The molecule has 0 saturated heterocycles. The van der Waals surface area contributed by atoms with Gasteiger partial charge in [0.25, 0.3) is 11.6 Å². The third-order valence-electron chi connectivity index (χ3n) is 7.70. The molecule has 1 unspecified atom stereocenters. The standard InChI is InChI=1S/C28H22F3N3O5/c1-32-27(36)24-19-7-17(22(34(37)38)9-23(19)39-25(24)14-2-4-15(29)5-3-14)16-6-18(21(31)8-20(16)30)26(35)33-28-10-13(11-28)12-28/h2-9,13,27,32,36H,10-12H2,1H3,(H,33,35). The number of rotatable bonds is 7. The fourth-order valence-corrected chi connectivity index (χ4v) is 5.62. The Morgan fingerprint density at radius 3 is 2.36 bits per heavy atom. The van der Waals surface area contributed by atoms with Gasteiger partial charge in [0.1, 0.15) is 35.0 Å². The fraction of sp³-hybridized carbons (Fsp3) is 0.250. The number of aliphatic hydroxyl groups excluding tert-OH is 1. The Morgan fingerprint density at radius 1 is 1.08 bits per heavy atom. The van der Waals surface area contributed by atoms with Gasteiger partial charge in [-0.3, -0.25) is 20.2 Å². The number of amides is 1. The summed E-state index contributed by atoms with van der Waals surface area (Å²) in [5, 5.41) is 28.5. The lowest BCUT2D eigenvalue weighted by Crippen LogP contribution is -2.68. The number of carbonyl (C=O) groups is 1. The van der Waals surface area contributed by atoms with E-state index in [-0.39, 0.29) is 39.0 Å². The van der Waals surface area contributed by atoms with Gasteiger partial charge in [0.2, 0.25) is 0 Å². The Kier molecular flexibility index (Phi) is 5.74. The van der Waals surface area contributed by atoms with Crippen LogP contribution < -0.4 is 10.6 Å². The summed E-state index contributed by atoms with van der Waals surface area (Å²) in [6, 6.07) is 9.07. The second-order valence-corrected chi connectivity index (χ2v) is 10.2. The molecule has 1 aromatic heterocycles. The molecule has 4 aromatic rings. The highest BCUT2D eigenvalue weighted by Gasteiger charge is 2.57. The van der Waals surface area contributed by atoms with Crippen LogP contribution in [0, 0.1) is 33.5 Å². The maximum atomic E-state index is 15.2. The number of nitro groups is 1. The summed E-state index contributed by atoms with van der Waals surface area (Å²) < 4.78 is 49.3. The van der Waals surface area contributed by atoms with Crippen LogP contribution in [-0.2, 0) is 0 Å². The van der Waals surface area contributed by atoms with E-state index in [0.717, 1.165) is 31.4 Å². The van der Waals surface area contributed by atoms with Crippen LogP contribution >= 0.6 is 0 Å². The summed E-state index contributed by atoms with van der Waals surface area (Å²) in [6.07, 6.45) is 1.12. The van der Waals surface area contributed by atoms with Gasteiger partial charge in [0, 0.05) is 33.7 Å². The van der Waals surface area contributed by atoms with Gasteiger partial charge in [-0.05, 0) is 68.6 Å². The average Bonchev–Trinajstić information content (AvgIpc) is 3.23. The van der Waals surface area contributed by atoms with Gasteiger partial charge in [0.05, 0.1) is 22.1 Å². The minimum absolute atomic E-state index is 0.0122. The van der Waals surface area contributed by atoms with Crippen molar-refractivity contribution in [2.75, 3.05) is 7.05 Å². The normalized spacial score (nSPS) is 20.3. The lowest BCUT2D eigenvalue weighted by molar-refractivity contribution is -0.384. The van der Waals surface area contributed by atoms with E-state index >= 15 is 4.39 Å². The van der Waals surface area contributed by atoms with E-state index in [1.54, 1.807) is 0 Å². The van der Waals surface area contributed by atoms with Crippen molar-refractivity contribution in [3.63, 3.8) is 0 Å². The summed E-state index contributed by atoms with van der Waals surface area (Å²) in [7, 11) is 1.47. The molecule has 2 bridgehead atoms. The lowest BCUT2D eigenvalue weighted by Gasteiger charge is -2.61. The molecule has 0 spiro atoms. The van der Waals surface area contributed by atoms with Crippen LogP contribution in [0.1, 0.15) is 41.4 Å². The number of nitrogens with one attached hydrogen (secondary N) is 2. The SMILES string of the molecule is CNC(O)c1c(-c2ccc(F)cc2)oc2cc([N+](=O)[O-])c(-c3cc(C(=O)NC45CC(C4)C5)c(F)cc3F)cc12. The van der Waals surface area contributed by atoms with Gasteiger partial charge in [-0.2, -0.15) is 0 Å². The number of carbonyl (C=O) groups excluding carboxylic acids is 1. The molecule has 3 saturated carbocycles. The van der Waals surface area contributed by atoms with Crippen LogP contribution in [0.15, 0.2) is 52.9 Å². The van der Waals surface area contributed by atoms with Crippen molar-refractivity contribution in [3.05, 3.63) is 87.2 Å². The van der Waals surface area contributed by atoms with Crippen LogP contribution in [0.4, 0.5) is 18.9 Å². The molecule has 3 N–H and O–H groups in total. The molecule has 11 heteroatoms. The van der Waals surface area contributed by atoms with Crippen LogP contribution in [-0.4, -0.2) is 28.5 Å². The molecular weight excluding hydrogens is 515 g/mol. The van der Waals surface area contributed by atoms with Crippen molar-refractivity contribution < 1.29 is 32.4 Å². The zero-order chi connectivity index (χ0) is 27.6. The van der Waals surface area contributed by atoms with Crippen molar-refractivity contribution in [2.45, 2.75) is 31.0 Å². The number of furan rings is 1. The van der Waals surface area contributed by atoms with Gasteiger partial charge in [0.15, 0.2) is 0 Å². The van der Waals surface area contributed by atoms with Crippen molar-refractivity contribution in [1.29, 1.82) is 0 Å². The zero-order valence-corrected chi connectivity index (χ0v) is 20.6. The zero-order valence-electron chi connectivity index (χ0n) is 20.6. The van der Waals surface area contributed by atoms with E-state index in [2.05, 4.69) is 10.6 Å². The van der Waals surface area contributed by atoms with E-state index in [4.69, 9.17) is 4.42 Å². The van der Waals surface area contributed by atoms with Crippen molar-refractivity contribution in [3.8, 4) is 22.5 Å². The summed E-state index contributed by atoms with van der Waals surface area (Å²) >= 11 is 0. The van der Waals surface area contributed by atoms with E-state index < -0.39 is 45.8 Å². The molecule has 0 aliphatic heterocycles. The molecule has 7 rings (SSSR count). The number of aliphatic hydroxyl groups is 1. The average molecular weight is 537 g/mol. The maximum Gasteiger partial charge on any atom is 0.281 e.